The van der Waals surface area contributed by atoms with Crippen molar-refractivity contribution < 1.29 is 18.3 Å². The van der Waals surface area contributed by atoms with Gasteiger partial charge in [0.1, 0.15) is 0 Å². The fourth-order valence-corrected chi connectivity index (χ4v) is 0.259. The van der Waals surface area contributed by atoms with Crippen LogP contribution in [0.2, 0.25) is 0 Å². The van der Waals surface area contributed by atoms with Crippen LogP contribution >= 0.6 is 8.25 Å². The summed E-state index contributed by atoms with van der Waals surface area (Å²) in [5.74, 6) is 0. The zero-order chi connectivity index (χ0) is 5.70. The molecule has 1 unspecified atom stereocenters. The molecule has 0 N–H and O–H groups in total. The lowest BCUT2D eigenvalue weighted by Crippen LogP contribution is -1.60. The third-order valence-corrected chi connectivity index (χ3v) is 0.728. The Morgan fingerprint density at radius 2 is 2.43 bits per heavy atom. The number of hydrogen-bond acceptors (Lipinski definition) is 3. The van der Waals surface area contributed by atoms with Crippen molar-refractivity contribution in [2.75, 3.05) is 0 Å². The molecule has 3 nitrogen and oxygen atoms in total. The van der Waals surface area contributed by atoms with Gasteiger partial charge in [-0.3, -0.25) is 0 Å². The minimum absolute atomic E-state index is 0.848. The van der Waals surface area contributed by atoms with Gasteiger partial charge >= 0.3 is 8.25 Å². The normalized spacial score (nSPS) is 12.7. The summed E-state index contributed by atoms with van der Waals surface area (Å²) in [6.45, 7) is 3.01. The summed E-state index contributed by atoms with van der Waals surface area (Å²) in [6.07, 6.45) is 0.848. The molecule has 0 heterocycles. The molecule has 0 aliphatic carbocycles. The van der Waals surface area contributed by atoms with Crippen LogP contribution in [-0.4, -0.2) is 0 Å². The second kappa shape index (κ2) is 3.84. The maximum atomic E-state index is 10.6. The van der Waals surface area contributed by atoms with E-state index in [2.05, 4.69) is 15.8 Å². The molecule has 0 saturated heterocycles. The molecule has 0 bridgehead atoms. The summed E-state index contributed by atoms with van der Waals surface area (Å²) in [7, 11) is -2.91. The lowest BCUT2D eigenvalue weighted by Gasteiger charge is -1.88. The van der Waals surface area contributed by atoms with E-state index in [0.29, 0.717) is 0 Å². The van der Waals surface area contributed by atoms with Crippen LogP contribution in [0, 0.1) is 0 Å². The lowest BCUT2D eigenvalue weighted by molar-refractivity contribution is -0.0102. The monoisotopic (exact) mass is 126 g/mol. The van der Waals surface area contributed by atoms with Gasteiger partial charge in [-0.25, -0.2) is 4.57 Å². The highest BCUT2D eigenvalue weighted by Gasteiger charge is 1.90. The quantitative estimate of drug-likeness (QED) is 0.424. The topological polar surface area (TPSA) is 35.5 Å². The van der Waals surface area contributed by atoms with Crippen LogP contribution in [0.4, 0.5) is 4.53 Å². The predicted octanol–water partition coefficient (Wildman–Crippen LogP) is 1.44. The molecule has 0 aromatic rings. The van der Waals surface area contributed by atoms with Gasteiger partial charge in [0.15, 0.2) is 0 Å². The SMILES string of the molecule is C=CO[PH](=O)OF. The molecule has 0 aromatic heterocycles. The van der Waals surface area contributed by atoms with E-state index >= 15 is 0 Å². The Balaban J connectivity index is 3.17. The average molecular weight is 126 g/mol. The third-order valence-electron chi connectivity index (χ3n) is 0.243. The van der Waals surface area contributed by atoms with Gasteiger partial charge in [0, 0.05) is 0 Å². The maximum Gasteiger partial charge on any atom is 0.399 e. The number of rotatable bonds is 3. The van der Waals surface area contributed by atoms with Crippen molar-refractivity contribution in [3.8, 4) is 0 Å². The minimum atomic E-state index is -2.91. The summed E-state index contributed by atoms with van der Waals surface area (Å²) in [5.41, 5.74) is 0. The maximum absolute atomic E-state index is 10.6. The van der Waals surface area contributed by atoms with Gasteiger partial charge in [-0.05, 0) is 4.53 Å². The first-order chi connectivity index (χ1) is 3.31. The van der Waals surface area contributed by atoms with Crippen molar-refractivity contribution in [2.24, 2.45) is 0 Å². The molecule has 0 amide bonds. The van der Waals surface area contributed by atoms with Crippen LogP contribution in [0.15, 0.2) is 12.8 Å². The van der Waals surface area contributed by atoms with E-state index in [-0.39, 0.29) is 0 Å². The number of hydrogen-bond donors (Lipinski definition) is 0. The molecule has 0 fully saturated rings. The summed E-state index contributed by atoms with van der Waals surface area (Å²) >= 11 is 0. The van der Waals surface area contributed by atoms with Gasteiger partial charge in [-0.1, -0.05) is 11.3 Å². The highest BCUT2D eigenvalue weighted by molar-refractivity contribution is 7.33. The van der Waals surface area contributed by atoms with Crippen LogP contribution in [0.1, 0.15) is 0 Å². The van der Waals surface area contributed by atoms with Gasteiger partial charge in [0.2, 0.25) is 0 Å². The Bertz CT molecular complexity index is 83.0. The lowest BCUT2D eigenvalue weighted by atomic mass is 11.2. The van der Waals surface area contributed by atoms with Gasteiger partial charge in [-0.2, -0.15) is 0 Å². The van der Waals surface area contributed by atoms with Crippen molar-refractivity contribution in [3.05, 3.63) is 12.8 Å². The summed E-state index contributed by atoms with van der Waals surface area (Å²) in [5, 5.41) is 0. The average Bonchev–Trinajstić information content (AvgIpc) is 1.68. The van der Waals surface area contributed by atoms with E-state index in [1.54, 1.807) is 0 Å². The Morgan fingerprint density at radius 3 is 2.57 bits per heavy atom. The smallest absolute Gasteiger partial charge is 0.399 e. The van der Waals surface area contributed by atoms with E-state index in [1.807, 2.05) is 0 Å². The number of halogens is 1. The highest BCUT2D eigenvalue weighted by Crippen LogP contribution is 2.23. The predicted molar refractivity (Wildman–Crippen MR) is 22.5 cm³/mol. The van der Waals surface area contributed by atoms with Crippen molar-refractivity contribution in [3.63, 3.8) is 0 Å². The molecule has 5 heteroatoms. The second-order valence-corrected chi connectivity index (χ2v) is 1.50. The van der Waals surface area contributed by atoms with Gasteiger partial charge in [0.05, 0.1) is 6.26 Å². The standard InChI is InChI=1S/C2H4FO3P/c1-2-5-7(4)6-3/h2,7H,1H2. The van der Waals surface area contributed by atoms with E-state index in [1.165, 1.54) is 0 Å². The van der Waals surface area contributed by atoms with E-state index in [0.717, 1.165) is 6.26 Å². The van der Waals surface area contributed by atoms with Gasteiger partial charge in [0.25, 0.3) is 0 Å². The van der Waals surface area contributed by atoms with Crippen LogP contribution in [0.3, 0.4) is 0 Å². The van der Waals surface area contributed by atoms with Gasteiger partial charge in [-0.15, -0.1) is 0 Å². The molecule has 0 aromatic carbocycles. The first-order valence-electron chi connectivity index (χ1n) is 1.41. The zero-order valence-corrected chi connectivity index (χ0v) is 4.39. The van der Waals surface area contributed by atoms with Crippen LogP contribution < -0.4 is 0 Å². The highest BCUT2D eigenvalue weighted by atomic mass is 31.1. The molecule has 0 radical (unpaired) electrons. The molecule has 42 valence electrons. The first kappa shape index (κ1) is 6.66. The summed E-state index contributed by atoms with van der Waals surface area (Å²) in [4.78, 5) is 0. The van der Waals surface area contributed by atoms with Gasteiger partial charge < -0.3 is 4.52 Å². The molecule has 0 rings (SSSR count). The first-order valence-corrected chi connectivity index (χ1v) is 2.64. The largest absolute Gasteiger partial charge is 0.433 e. The molecule has 0 aliphatic rings. The zero-order valence-electron chi connectivity index (χ0n) is 3.39. The van der Waals surface area contributed by atoms with E-state index < -0.39 is 8.25 Å². The fraction of sp³-hybridized carbons (Fsp3) is 0. The molecule has 0 spiro atoms. The third kappa shape index (κ3) is 3.49. The Hall–Kier alpha value is -0.340. The van der Waals surface area contributed by atoms with Crippen molar-refractivity contribution in [1.82, 2.24) is 0 Å². The van der Waals surface area contributed by atoms with E-state index in [4.69, 9.17) is 0 Å². The second-order valence-electron chi connectivity index (χ2n) is 0.612. The fourth-order valence-electron chi connectivity index (χ4n) is 0.0862. The minimum Gasteiger partial charge on any atom is -0.433 e. The molecular formula is C2H4FO3P. The summed E-state index contributed by atoms with van der Waals surface area (Å²) in [6, 6.07) is 0. The van der Waals surface area contributed by atoms with Crippen LogP contribution in [0.5, 0.6) is 0 Å². The molecule has 1 atom stereocenters. The molecular weight excluding hydrogens is 122 g/mol. The van der Waals surface area contributed by atoms with E-state index in [9.17, 15) is 9.09 Å². The van der Waals surface area contributed by atoms with Crippen molar-refractivity contribution >= 4 is 8.25 Å². The van der Waals surface area contributed by atoms with Crippen molar-refractivity contribution in [1.29, 1.82) is 0 Å². The van der Waals surface area contributed by atoms with Crippen molar-refractivity contribution in [2.45, 2.75) is 0 Å². The molecule has 0 saturated carbocycles. The molecule has 0 aliphatic heterocycles. The summed E-state index contributed by atoms with van der Waals surface area (Å²) < 4.78 is 27.0. The van der Waals surface area contributed by atoms with Crippen LogP contribution in [-0.2, 0) is 13.8 Å². The molecule has 7 heavy (non-hydrogen) atoms. The Morgan fingerprint density at radius 1 is 1.86 bits per heavy atom. The Labute approximate surface area is 40.6 Å². The Kier molecular flexibility index (Phi) is 3.65. The van der Waals surface area contributed by atoms with Crippen LogP contribution in [0.25, 0.3) is 0 Å².